The molecule has 0 spiro atoms. The second-order valence-electron chi connectivity index (χ2n) is 4.07. The van der Waals surface area contributed by atoms with E-state index in [1.54, 1.807) is 18.2 Å². The summed E-state index contributed by atoms with van der Waals surface area (Å²) in [6, 6.07) is 8.27. The number of nitrogens with zero attached hydrogens (tertiary/aromatic N) is 1. The number of carbonyl (C=O) groups is 1. The van der Waals surface area contributed by atoms with E-state index >= 15 is 0 Å². The van der Waals surface area contributed by atoms with Crippen LogP contribution in [0.4, 0.5) is 17.1 Å². The lowest BCUT2D eigenvalue weighted by atomic mass is 10.2. The van der Waals surface area contributed by atoms with Crippen molar-refractivity contribution < 1.29 is 9.72 Å². The Morgan fingerprint density at radius 1 is 1.30 bits per heavy atom. The van der Waals surface area contributed by atoms with Crippen molar-refractivity contribution in [2.75, 3.05) is 10.6 Å². The Balaban J connectivity index is 2.11. The van der Waals surface area contributed by atoms with Gasteiger partial charge in [0.2, 0.25) is 5.91 Å². The van der Waals surface area contributed by atoms with Crippen molar-refractivity contribution in [3.63, 3.8) is 0 Å². The lowest BCUT2D eigenvalue weighted by molar-refractivity contribution is -0.384. The van der Waals surface area contributed by atoms with Crippen LogP contribution in [0.25, 0.3) is 0 Å². The largest absolute Gasteiger partial charge is 0.375 e. The van der Waals surface area contributed by atoms with Crippen LogP contribution in [-0.2, 0) is 11.3 Å². The smallest absolute Gasteiger partial charge is 0.292 e. The van der Waals surface area contributed by atoms with Gasteiger partial charge in [-0.3, -0.25) is 14.9 Å². The summed E-state index contributed by atoms with van der Waals surface area (Å²) in [5, 5.41) is 18.5. The van der Waals surface area contributed by atoms with Crippen LogP contribution in [0.15, 0.2) is 35.7 Å². The predicted octanol–water partition coefficient (Wildman–Crippen LogP) is 3.23. The monoisotopic (exact) mass is 291 g/mol. The van der Waals surface area contributed by atoms with E-state index in [0.29, 0.717) is 12.2 Å². The summed E-state index contributed by atoms with van der Waals surface area (Å²) in [5.41, 5.74) is 1.22. The maximum absolute atomic E-state index is 11.1. The average molecular weight is 291 g/mol. The molecule has 2 N–H and O–H groups in total. The van der Waals surface area contributed by atoms with Gasteiger partial charge in [-0.25, -0.2) is 0 Å². The number of nitro benzene ring substituents is 1. The molecule has 1 aromatic carbocycles. The third kappa shape index (κ3) is 3.33. The van der Waals surface area contributed by atoms with Crippen LogP contribution in [0.2, 0.25) is 0 Å². The third-order valence-corrected chi connectivity index (χ3v) is 3.52. The first kappa shape index (κ1) is 14.0. The molecule has 0 aliphatic carbocycles. The zero-order valence-corrected chi connectivity index (χ0v) is 11.6. The molecule has 0 atom stereocenters. The third-order valence-electron chi connectivity index (χ3n) is 2.60. The van der Waals surface area contributed by atoms with Crippen molar-refractivity contribution in [3.05, 3.63) is 50.7 Å². The number of anilines is 2. The summed E-state index contributed by atoms with van der Waals surface area (Å²) in [6.45, 7) is 1.86. The minimum Gasteiger partial charge on any atom is -0.375 e. The molecule has 0 radical (unpaired) electrons. The lowest BCUT2D eigenvalue weighted by Gasteiger charge is -2.08. The van der Waals surface area contributed by atoms with Crippen LogP contribution in [0.5, 0.6) is 0 Å². The molecule has 0 aliphatic heterocycles. The minimum atomic E-state index is -0.425. The Morgan fingerprint density at radius 3 is 2.75 bits per heavy atom. The SMILES string of the molecule is CC(=O)Nc1ccsc1CNc1ccccc1[N+](=O)[O-]. The molecular weight excluding hydrogens is 278 g/mol. The fraction of sp³-hybridized carbons (Fsp3) is 0.154. The molecule has 7 heteroatoms. The van der Waals surface area contributed by atoms with Crippen molar-refractivity contribution in [1.29, 1.82) is 0 Å². The van der Waals surface area contributed by atoms with Gasteiger partial charge in [0.15, 0.2) is 0 Å². The van der Waals surface area contributed by atoms with Crippen LogP contribution in [-0.4, -0.2) is 10.8 Å². The van der Waals surface area contributed by atoms with Gasteiger partial charge in [-0.1, -0.05) is 12.1 Å². The normalized spacial score (nSPS) is 10.1. The summed E-state index contributed by atoms with van der Waals surface area (Å²) < 4.78 is 0. The van der Waals surface area contributed by atoms with Crippen LogP contribution >= 0.6 is 11.3 Å². The molecule has 0 saturated carbocycles. The Labute approximate surface area is 119 Å². The maximum Gasteiger partial charge on any atom is 0.292 e. The highest BCUT2D eigenvalue weighted by molar-refractivity contribution is 7.10. The van der Waals surface area contributed by atoms with Crippen molar-refractivity contribution >= 4 is 34.3 Å². The van der Waals surface area contributed by atoms with Gasteiger partial charge in [-0.15, -0.1) is 11.3 Å². The molecule has 1 amide bonds. The molecule has 1 heterocycles. The Bertz CT molecular complexity index is 639. The van der Waals surface area contributed by atoms with Gasteiger partial charge in [0, 0.05) is 17.9 Å². The Morgan fingerprint density at radius 2 is 2.05 bits per heavy atom. The standard InChI is InChI=1S/C13H13N3O3S/c1-9(17)15-11-6-7-20-13(11)8-14-10-4-2-3-5-12(10)16(18)19/h2-7,14H,8H2,1H3,(H,15,17). The van der Waals surface area contributed by atoms with Gasteiger partial charge in [0.1, 0.15) is 5.69 Å². The molecule has 0 unspecified atom stereocenters. The van der Waals surface area contributed by atoms with Crippen LogP contribution in [0.3, 0.4) is 0 Å². The fourth-order valence-electron chi connectivity index (χ4n) is 1.74. The summed E-state index contributed by atoms with van der Waals surface area (Å²) in [5.74, 6) is -0.143. The van der Waals surface area contributed by atoms with Crippen LogP contribution < -0.4 is 10.6 Å². The van der Waals surface area contributed by atoms with Crippen LogP contribution in [0.1, 0.15) is 11.8 Å². The van der Waals surface area contributed by atoms with Crippen molar-refractivity contribution in [1.82, 2.24) is 0 Å². The fourth-order valence-corrected chi connectivity index (χ4v) is 2.51. The van der Waals surface area contributed by atoms with Gasteiger partial charge >= 0.3 is 0 Å². The van der Waals surface area contributed by atoms with Gasteiger partial charge in [0.25, 0.3) is 5.69 Å². The van der Waals surface area contributed by atoms with E-state index in [1.807, 2.05) is 11.4 Å². The first-order valence-corrected chi connectivity index (χ1v) is 6.77. The highest BCUT2D eigenvalue weighted by Gasteiger charge is 2.13. The Hall–Kier alpha value is -2.41. The van der Waals surface area contributed by atoms with Gasteiger partial charge in [-0.2, -0.15) is 0 Å². The molecule has 104 valence electrons. The number of para-hydroxylation sites is 2. The van der Waals surface area contributed by atoms with E-state index < -0.39 is 4.92 Å². The van der Waals surface area contributed by atoms with Crippen LogP contribution in [0, 0.1) is 10.1 Å². The zero-order valence-electron chi connectivity index (χ0n) is 10.8. The molecule has 0 aliphatic rings. The molecular formula is C13H13N3O3S. The highest BCUT2D eigenvalue weighted by atomic mass is 32.1. The first-order chi connectivity index (χ1) is 9.58. The van der Waals surface area contributed by atoms with E-state index in [1.165, 1.54) is 24.3 Å². The van der Waals surface area contributed by atoms with Gasteiger partial charge in [0.05, 0.1) is 17.2 Å². The number of carbonyl (C=O) groups excluding carboxylic acids is 1. The second kappa shape index (κ2) is 6.16. The molecule has 6 nitrogen and oxygen atoms in total. The number of benzene rings is 1. The molecule has 1 aromatic heterocycles. The molecule has 0 bridgehead atoms. The van der Waals surface area contributed by atoms with Crippen molar-refractivity contribution in [3.8, 4) is 0 Å². The van der Waals surface area contributed by atoms with E-state index in [9.17, 15) is 14.9 Å². The van der Waals surface area contributed by atoms with Crippen molar-refractivity contribution in [2.45, 2.75) is 13.5 Å². The topological polar surface area (TPSA) is 84.3 Å². The number of thiophene rings is 1. The number of nitro groups is 1. The molecule has 2 rings (SSSR count). The number of hydrogen-bond donors (Lipinski definition) is 2. The maximum atomic E-state index is 11.1. The van der Waals surface area contributed by atoms with E-state index in [0.717, 1.165) is 10.6 Å². The number of amides is 1. The predicted molar refractivity (Wildman–Crippen MR) is 79.0 cm³/mol. The molecule has 0 fully saturated rings. The summed E-state index contributed by atoms with van der Waals surface area (Å²) >= 11 is 1.48. The zero-order chi connectivity index (χ0) is 14.5. The first-order valence-electron chi connectivity index (χ1n) is 5.89. The average Bonchev–Trinajstić information content (AvgIpc) is 2.83. The molecule has 0 saturated heterocycles. The molecule has 2 aromatic rings. The quantitative estimate of drug-likeness (QED) is 0.654. The van der Waals surface area contributed by atoms with E-state index in [-0.39, 0.29) is 11.6 Å². The highest BCUT2D eigenvalue weighted by Crippen LogP contribution is 2.27. The van der Waals surface area contributed by atoms with Gasteiger partial charge in [-0.05, 0) is 17.5 Å². The lowest BCUT2D eigenvalue weighted by Crippen LogP contribution is -2.08. The number of nitrogens with one attached hydrogen (secondary N) is 2. The number of rotatable bonds is 5. The van der Waals surface area contributed by atoms with Gasteiger partial charge < -0.3 is 10.6 Å². The Kier molecular flexibility index (Phi) is 4.31. The minimum absolute atomic E-state index is 0.0325. The van der Waals surface area contributed by atoms with E-state index in [4.69, 9.17) is 0 Å². The summed E-state index contributed by atoms with van der Waals surface area (Å²) in [7, 11) is 0. The summed E-state index contributed by atoms with van der Waals surface area (Å²) in [6.07, 6.45) is 0. The summed E-state index contributed by atoms with van der Waals surface area (Å²) in [4.78, 5) is 22.5. The number of hydrogen-bond acceptors (Lipinski definition) is 5. The van der Waals surface area contributed by atoms with E-state index in [2.05, 4.69) is 10.6 Å². The second-order valence-corrected chi connectivity index (χ2v) is 5.07. The van der Waals surface area contributed by atoms with Crippen molar-refractivity contribution in [2.24, 2.45) is 0 Å². The molecule has 20 heavy (non-hydrogen) atoms.